The van der Waals surface area contributed by atoms with E-state index in [-0.39, 0.29) is 30.0 Å². The van der Waals surface area contributed by atoms with Crippen LogP contribution in [0.2, 0.25) is 0 Å². The summed E-state index contributed by atoms with van der Waals surface area (Å²) in [6.45, 7) is 3.84. The van der Waals surface area contributed by atoms with Crippen molar-refractivity contribution in [2.24, 2.45) is 5.92 Å². The molecule has 2 heterocycles. The van der Waals surface area contributed by atoms with Crippen LogP contribution in [0, 0.1) is 5.92 Å². The zero-order valence-corrected chi connectivity index (χ0v) is 15.7. The van der Waals surface area contributed by atoms with Crippen molar-refractivity contribution in [3.05, 3.63) is 53.6 Å². The smallest absolute Gasteiger partial charge is 0.228 e. The zero-order chi connectivity index (χ0) is 17.8. The summed E-state index contributed by atoms with van der Waals surface area (Å²) in [6.07, 6.45) is 1.05. The first-order valence-electron chi connectivity index (χ1n) is 8.61. The number of ether oxygens (including phenoxy) is 1. The molecule has 1 aromatic heterocycles. The number of carbonyl (C=O) groups is 2. The van der Waals surface area contributed by atoms with Crippen LogP contribution in [0.3, 0.4) is 0 Å². The molecule has 6 heteroatoms. The van der Waals surface area contributed by atoms with Crippen LogP contribution in [0.5, 0.6) is 5.88 Å². The van der Waals surface area contributed by atoms with Gasteiger partial charge in [0, 0.05) is 24.3 Å². The summed E-state index contributed by atoms with van der Waals surface area (Å²) in [4.78, 5) is 28.7. The average molecular weight is 375 g/mol. The molecule has 1 aromatic carbocycles. The van der Waals surface area contributed by atoms with Crippen molar-refractivity contribution in [1.82, 2.24) is 4.98 Å². The van der Waals surface area contributed by atoms with E-state index in [0.717, 1.165) is 17.5 Å². The molecule has 1 unspecified atom stereocenters. The normalized spacial score (nSPS) is 16.7. The van der Waals surface area contributed by atoms with Gasteiger partial charge in [0.05, 0.1) is 0 Å². The van der Waals surface area contributed by atoms with Gasteiger partial charge in [0.1, 0.15) is 5.82 Å². The highest BCUT2D eigenvalue weighted by Gasteiger charge is 2.29. The van der Waals surface area contributed by atoms with Crippen molar-refractivity contribution in [1.29, 1.82) is 0 Å². The molecule has 3 rings (SSSR count). The SMILES string of the molecule is CC[C@@H](C)C(=O)Nc1ccc2c(n1)OC(Cc1ccccc1)C(=O)C2.Cl. The van der Waals surface area contributed by atoms with Crippen molar-refractivity contribution >= 4 is 29.9 Å². The van der Waals surface area contributed by atoms with Crippen molar-refractivity contribution in [3.63, 3.8) is 0 Å². The Labute approximate surface area is 159 Å². The fraction of sp³-hybridized carbons (Fsp3) is 0.350. The molecule has 138 valence electrons. The first-order valence-corrected chi connectivity index (χ1v) is 8.61. The maximum atomic E-state index is 12.3. The third kappa shape index (κ3) is 4.61. The van der Waals surface area contributed by atoms with Gasteiger partial charge < -0.3 is 10.1 Å². The number of hydrogen-bond acceptors (Lipinski definition) is 4. The number of halogens is 1. The molecular weight excluding hydrogens is 352 g/mol. The molecule has 1 aliphatic rings. The second-order valence-electron chi connectivity index (χ2n) is 6.40. The lowest BCUT2D eigenvalue weighted by molar-refractivity contribution is -0.126. The van der Waals surface area contributed by atoms with Gasteiger partial charge in [-0.25, -0.2) is 0 Å². The fourth-order valence-corrected chi connectivity index (χ4v) is 2.70. The number of nitrogens with one attached hydrogen (secondary N) is 1. The number of nitrogens with zero attached hydrogens (tertiary/aromatic N) is 1. The van der Waals surface area contributed by atoms with Crippen LogP contribution in [-0.4, -0.2) is 22.8 Å². The number of benzene rings is 1. The lowest BCUT2D eigenvalue weighted by atomic mass is 9.98. The second-order valence-corrected chi connectivity index (χ2v) is 6.40. The van der Waals surface area contributed by atoms with Gasteiger partial charge in [0.2, 0.25) is 11.8 Å². The van der Waals surface area contributed by atoms with E-state index in [1.165, 1.54) is 0 Å². The Morgan fingerprint density at radius 3 is 2.69 bits per heavy atom. The van der Waals surface area contributed by atoms with Crippen LogP contribution in [0.25, 0.3) is 0 Å². The highest BCUT2D eigenvalue weighted by atomic mass is 35.5. The van der Waals surface area contributed by atoms with Crippen LogP contribution >= 0.6 is 12.4 Å². The van der Waals surface area contributed by atoms with Gasteiger partial charge in [-0.3, -0.25) is 9.59 Å². The number of amides is 1. The summed E-state index contributed by atoms with van der Waals surface area (Å²) in [5, 5.41) is 2.80. The van der Waals surface area contributed by atoms with Crippen molar-refractivity contribution in [2.45, 2.75) is 39.2 Å². The average Bonchev–Trinajstić information content (AvgIpc) is 2.62. The summed E-state index contributed by atoms with van der Waals surface area (Å²) >= 11 is 0. The lowest BCUT2D eigenvalue weighted by Gasteiger charge is -2.24. The van der Waals surface area contributed by atoms with Crippen LogP contribution < -0.4 is 10.1 Å². The van der Waals surface area contributed by atoms with Crippen molar-refractivity contribution < 1.29 is 14.3 Å². The minimum absolute atomic E-state index is 0. The van der Waals surface area contributed by atoms with Gasteiger partial charge in [0.15, 0.2) is 11.9 Å². The lowest BCUT2D eigenvalue weighted by Crippen LogP contribution is -2.35. The number of carbonyl (C=O) groups excluding carboxylic acids is 2. The fourth-order valence-electron chi connectivity index (χ4n) is 2.70. The molecule has 26 heavy (non-hydrogen) atoms. The molecule has 0 bridgehead atoms. The first kappa shape index (κ1) is 19.9. The number of pyridine rings is 1. The van der Waals surface area contributed by atoms with Gasteiger partial charge in [-0.15, -0.1) is 12.4 Å². The Bertz CT molecular complexity index is 780. The molecule has 2 aromatic rings. The Morgan fingerprint density at radius 2 is 2.00 bits per heavy atom. The second kappa shape index (κ2) is 8.81. The molecule has 2 atom stereocenters. The van der Waals surface area contributed by atoms with Gasteiger partial charge >= 0.3 is 0 Å². The van der Waals surface area contributed by atoms with E-state index in [4.69, 9.17) is 4.74 Å². The number of fused-ring (bicyclic) bond motifs is 1. The van der Waals surface area contributed by atoms with E-state index >= 15 is 0 Å². The molecule has 1 N–H and O–H groups in total. The maximum Gasteiger partial charge on any atom is 0.228 e. The van der Waals surface area contributed by atoms with Crippen LogP contribution in [-0.2, 0) is 22.4 Å². The minimum atomic E-state index is -0.539. The number of anilines is 1. The number of rotatable bonds is 5. The van der Waals surface area contributed by atoms with E-state index in [1.54, 1.807) is 12.1 Å². The molecule has 1 aliphatic heterocycles. The van der Waals surface area contributed by atoms with E-state index in [0.29, 0.717) is 24.5 Å². The van der Waals surface area contributed by atoms with E-state index < -0.39 is 6.10 Å². The predicted molar refractivity (Wildman–Crippen MR) is 103 cm³/mol. The quantitative estimate of drug-likeness (QED) is 0.868. The van der Waals surface area contributed by atoms with E-state index in [9.17, 15) is 9.59 Å². The van der Waals surface area contributed by atoms with E-state index in [2.05, 4.69) is 10.3 Å². The summed E-state index contributed by atoms with van der Waals surface area (Å²) in [5.41, 5.74) is 1.81. The largest absolute Gasteiger partial charge is 0.466 e. The molecular formula is C20H23ClN2O3. The summed E-state index contributed by atoms with van der Waals surface area (Å²) in [6, 6.07) is 13.3. The zero-order valence-electron chi connectivity index (χ0n) is 14.9. The number of ketones is 1. The third-order valence-corrected chi connectivity index (χ3v) is 4.49. The van der Waals surface area contributed by atoms with Crippen molar-refractivity contribution in [2.75, 3.05) is 5.32 Å². The topological polar surface area (TPSA) is 68.3 Å². The predicted octanol–water partition coefficient (Wildman–Crippen LogP) is 3.60. The molecule has 0 spiro atoms. The highest BCUT2D eigenvalue weighted by Crippen LogP contribution is 2.27. The molecule has 0 fully saturated rings. The third-order valence-electron chi connectivity index (χ3n) is 4.49. The molecule has 0 saturated heterocycles. The van der Waals surface area contributed by atoms with E-state index in [1.807, 2.05) is 44.2 Å². The molecule has 0 aliphatic carbocycles. The van der Waals surface area contributed by atoms with Crippen molar-refractivity contribution in [3.8, 4) is 5.88 Å². The maximum absolute atomic E-state index is 12.3. The Hall–Kier alpha value is -2.40. The summed E-state index contributed by atoms with van der Waals surface area (Å²) < 4.78 is 5.85. The van der Waals surface area contributed by atoms with Gasteiger partial charge in [-0.05, 0) is 24.1 Å². The molecule has 0 saturated carbocycles. The standard InChI is InChI=1S/C20H22N2O3.ClH/c1-3-13(2)19(24)21-18-10-9-15-12-16(23)17(25-20(15)22-18)11-14-7-5-4-6-8-14;/h4-10,13,17H,3,11-12H2,1-2H3,(H,21,22,24);1H/t13-,17?;/m1./s1. The minimum Gasteiger partial charge on any atom is -0.466 e. The monoisotopic (exact) mass is 374 g/mol. The molecule has 1 amide bonds. The number of aromatic nitrogens is 1. The molecule has 0 radical (unpaired) electrons. The summed E-state index contributed by atoms with van der Waals surface area (Å²) in [7, 11) is 0. The van der Waals surface area contributed by atoms with Crippen LogP contribution in [0.1, 0.15) is 31.4 Å². The van der Waals surface area contributed by atoms with Gasteiger partial charge in [-0.1, -0.05) is 44.2 Å². The summed E-state index contributed by atoms with van der Waals surface area (Å²) in [5.74, 6) is 0.794. The van der Waals surface area contributed by atoms with Gasteiger partial charge in [-0.2, -0.15) is 4.98 Å². The Kier molecular flexibility index (Phi) is 6.75. The number of Topliss-reactive ketones (excluding diaryl/α,β-unsaturated/α-hetero) is 1. The van der Waals surface area contributed by atoms with Crippen LogP contribution in [0.4, 0.5) is 5.82 Å². The first-order chi connectivity index (χ1) is 12.1. The number of hydrogen-bond donors (Lipinski definition) is 1. The Morgan fingerprint density at radius 1 is 1.27 bits per heavy atom. The van der Waals surface area contributed by atoms with Crippen LogP contribution in [0.15, 0.2) is 42.5 Å². The Balaban J connectivity index is 0.00000243. The molecule has 5 nitrogen and oxygen atoms in total. The highest BCUT2D eigenvalue weighted by molar-refractivity contribution is 5.92. The van der Waals surface area contributed by atoms with Gasteiger partial charge in [0.25, 0.3) is 0 Å².